The van der Waals surface area contributed by atoms with Crippen LogP contribution in [0.5, 0.6) is 11.5 Å². The van der Waals surface area contributed by atoms with Gasteiger partial charge in [0.1, 0.15) is 12.6 Å². The highest BCUT2D eigenvalue weighted by atomic mass is 32.1. The summed E-state index contributed by atoms with van der Waals surface area (Å²) < 4.78 is 11.0. The Labute approximate surface area is 148 Å². The molecule has 1 aromatic heterocycles. The van der Waals surface area contributed by atoms with E-state index in [2.05, 4.69) is 4.98 Å². The lowest BCUT2D eigenvalue weighted by Gasteiger charge is -2.22. The molecule has 0 saturated carbocycles. The summed E-state index contributed by atoms with van der Waals surface area (Å²) in [5, 5.41) is 11.1. The third kappa shape index (κ3) is 3.74. The van der Waals surface area contributed by atoms with Crippen LogP contribution in [0.1, 0.15) is 28.9 Å². The Bertz CT molecular complexity index is 762. The van der Waals surface area contributed by atoms with E-state index in [1.807, 2.05) is 5.38 Å². The van der Waals surface area contributed by atoms with Crippen LogP contribution in [-0.2, 0) is 11.4 Å². The lowest BCUT2D eigenvalue weighted by Crippen LogP contribution is -2.40. The van der Waals surface area contributed by atoms with Gasteiger partial charge in [0.25, 0.3) is 5.91 Å². The van der Waals surface area contributed by atoms with Crippen molar-refractivity contribution in [1.82, 2.24) is 9.88 Å². The summed E-state index contributed by atoms with van der Waals surface area (Å²) >= 11 is 1.49. The minimum atomic E-state index is -0.971. The molecule has 25 heavy (non-hydrogen) atoms. The number of ether oxygens (including phenoxy) is 2. The molecule has 1 aromatic carbocycles. The molecule has 1 amide bonds. The van der Waals surface area contributed by atoms with E-state index in [1.54, 1.807) is 23.7 Å². The lowest BCUT2D eigenvalue weighted by atomic mass is 10.1. The van der Waals surface area contributed by atoms with E-state index in [1.165, 1.54) is 23.3 Å². The summed E-state index contributed by atoms with van der Waals surface area (Å²) in [7, 11) is 1.50. The van der Waals surface area contributed by atoms with Gasteiger partial charge in [-0.2, -0.15) is 0 Å². The van der Waals surface area contributed by atoms with E-state index < -0.39 is 12.0 Å². The maximum Gasteiger partial charge on any atom is 0.326 e. The number of thiazole rings is 1. The van der Waals surface area contributed by atoms with E-state index in [-0.39, 0.29) is 5.91 Å². The zero-order valence-electron chi connectivity index (χ0n) is 13.7. The van der Waals surface area contributed by atoms with Crippen molar-refractivity contribution in [2.45, 2.75) is 25.5 Å². The van der Waals surface area contributed by atoms with Crippen molar-refractivity contribution < 1.29 is 24.2 Å². The molecule has 1 aliphatic heterocycles. The molecular formula is C17H18N2O5S. The summed E-state index contributed by atoms with van der Waals surface area (Å²) in [6, 6.07) is 4.10. The second-order valence-electron chi connectivity index (χ2n) is 5.63. The van der Waals surface area contributed by atoms with Crippen molar-refractivity contribution in [3.8, 4) is 11.5 Å². The third-order valence-electron chi connectivity index (χ3n) is 4.07. The first-order chi connectivity index (χ1) is 12.1. The average molecular weight is 362 g/mol. The van der Waals surface area contributed by atoms with Crippen LogP contribution in [0.25, 0.3) is 0 Å². The van der Waals surface area contributed by atoms with Gasteiger partial charge in [-0.3, -0.25) is 4.79 Å². The molecule has 2 aromatic rings. The molecule has 1 aliphatic rings. The smallest absolute Gasteiger partial charge is 0.326 e. The van der Waals surface area contributed by atoms with Gasteiger partial charge in [-0.1, -0.05) is 0 Å². The van der Waals surface area contributed by atoms with E-state index in [0.29, 0.717) is 43.1 Å². The van der Waals surface area contributed by atoms with Crippen LogP contribution in [0.15, 0.2) is 29.1 Å². The number of nitrogens with zero attached hydrogens (tertiary/aromatic N) is 2. The molecule has 1 fully saturated rings. The predicted octanol–water partition coefficient (Wildman–Crippen LogP) is 2.42. The summed E-state index contributed by atoms with van der Waals surface area (Å²) in [5.74, 6) is -0.356. The Hall–Kier alpha value is -2.61. The van der Waals surface area contributed by atoms with Crippen LogP contribution in [0.3, 0.4) is 0 Å². The maximum absolute atomic E-state index is 12.6. The second-order valence-corrected chi connectivity index (χ2v) is 6.35. The Balaban J connectivity index is 1.76. The number of carbonyl (C=O) groups excluding carboxylic acids is 1. The van der Waals surface area contributed by atoms with Gasteiger partial charge < -0.3 is 19.5 Å². The highest BCUT2D eigenvalue weighted by molar-refractivity contribution is 7.07. The third-order valence-corrected chi connectivity index (χ3v) is 4.70. The normalized spacial score (nSPS) is 16.7. The van der Waals surface area contributed by atoms with Crippen molar-refractivity contribution in [3.05, 3.63) is 40.3 Å². The molecule has 0 spiro atoms. The number of carboxylic acid groups (broad SMARTS) is 1. The molecule has 3 rings (SSSR count). The summed E-state index contributed by atoms with van der Waals surface area (Å²) in [5.41, 5.74) is 2.92. The number of rotatable bonds is 6. The topological polar surface area (TPSA) is 89.0 Å². The number of aromatic nitrogens is 1. The molecule has 2 heterocycles. The molecule has 1 N–H and O–H groups in total. The second kappa shape index (κ2) is 7.52. The van der Waals surface area contributed by atoms with Gasteiger partial charge in [0.15, 0.2) is 11.5 Å². The highest BCUT2D eigenvalue weighted by Gasteiger charge is 2.34. The van der Waals surface area contributed by atoms with E-state index >= 15 is 0 Å². The SMILES string of the molecule is COc1cc(C(=O)N2CCC[C@H]2C(=O)O)ccc1OCc1cscn1. The zero-order valence-corrected chi connectivity index (χ0v) is 14.5. The number of amides is 1. The number of carbonyl (C=O) groups is 2. The quantitative estimate of drug-likeness (QED) is 0.849. The van der Waals surface area contributed by atoms with Crippen LogP contribution in [0.4, 0.5) is 0 Å². The number of methoxy groups -OCH3 is 1. The molecule has 132 valence electrons. The van der Waals surface area contributed by atoms with Crippen molar-refractivity contribution in [2.24, 2.45) is 0 Å². The number of hydrogen-bond acceptors (Lipinski definition) is 6. The van der Waals surface area contributed by atoms with Crippen LogP contribution >= 0.6 is 11.3 Å². The van der Waals surface area contributed by atoms with Gasteiger partial charge in [0.05, 0.1) is 18.3 Å². The monoisotopic (exact) mass is 362 g/mol. The molecule has 8 heteroatoms. The Morgan fingerprint density at radius 2 is 2.24 bits per heavy atom. The van der Waals surface area contributed by atoms with E-state index in [0.717, 1.165) is 5.69 Å². The van der Waals surface area contributed by atoms with E-state index in [4.69, 9.17) is 9.47 Å². The van der Waals surface area contributed by atoms with Gasteiger partial charge in [0.2, 0.25) is 0 Å². The molecule has 1 saturated heterocycles. The molecule has 0 bridgehead atoms. The Morgan fingerprint density at radius 1 is 1.40 bits per heavy atom. The van der Waals surface area contributed by atoms with E-state index in [9.17, 15) is 14.7 Å². The first kappa shape index (κ1) is 17.2. The van der Waals surface area contributed by atoms with Crippen molar-refractivity contribution in [2.75, 3.05) is 13.7 Å². The number of carboxylic acids is 1. The van der Waals surface area contributed by atoms with Crippen LogP contribution in [0.2, 0.25) is 0 Å². The minimum absolute atomic E-state index is 0.306. The van der Waals surface area contributed by atoms with Crippen LogP contribution in [-0.4, -0.2) is 46.6 Å². The Kier molecular flexibility index (Phi) is 5.18. The molecule has 0 unspecified atom stereocenters. The number of aliphatic carboxylic acids is 1. The summed E-state index contributed by atoms with van der Waals surface area (Å²) in [4.78, 5) is 29.5. The summed E-state index contributed by atoms with van der Waals surface area (Å²) in [6.07, 6.45) is 1.17. The largest absolute Gasteiger partial charge is 0.493 e. The molecular weight excluding hydrogens is 344 g/mol. The van der Waals surface area contributed by atoms with Crippen LogP contribution in [0, 0.1) is 0 Å². The van der Waals surface area contributed by atoms with Crippen molar-refractivity contribution in [1.29, 1.82) is 0 Å². The van der Waals surface area contributed by atoms with Crippen molar-refractivity contribution in [3.63, 3.8) is 0 Å². The predicted molar refractivity (Wildman–Crippen MR) is 91.1 cm³/mol. The van der Waals surface area contributed by atoms with Gasteiger partial charge in [-0.15, -0.1) is 11.3 Å². The van der Waals surface area contributed by atoms with Crippen molar-refractivity contribution >= 4 is 23.2 Å². The Morgan fingerprint density at radius 3 is 2.92 bits per heavy atom. The fourth-order valence-corrected chi connectivity index (χ4v) is 3.36. The molecule has 1 atom stereocenters. The molecule has 7 nitrogen and oxygen atoms in total. The first-order valence-electron chi connectivity index (χ1n) is 7.82. The average Bonchev–Trinajstić information content (AvgIpc) is 3.30. The number of benzene rings is 1. The first-order valence-corrected chi connectivity index (χ1v) is 8.76. The van der Waals surface area contributed by atoms with Crippen LogP contribution < -0.4 is 9.47 Å². The summed E-state index contributed by atoms with van der Waals surface area (Å²) in [6.45, 7) is 0.751. The highest BCUT2D eigenvalue weighted by Crippen LogP contribution is 2.30. The maximum atomic E-state index is 12.6. The minimum Gasteiger partial charge on any atom is -0.493 e. The number of hydrogen-bond donors (Lipinski definition) is 1. The molecule has 0 radical (unpaired) electrons. The number of likely N-dealkylation sites (tertiary alicyclic amines) is 1. The molecule has 0 aliphatic carbocycles. The van der Waals surface area contributed by atoms with Gasteiger partial charge in [-0.25, -0.2) is 9.78 Å². The zero-order chi connectivity index (χ0) is 17.8. The fourth-order valence-electron chi connectivity index (χ4n) is 2.81. The lowest BCUT2D eigenvalue weighted by molar-refractivity contribution is -0.141. The van der Waals surface area contributed by atoms with Gasteiger partial charge >= 0.3 is 5.97 Å². The standard InChI is InChI=1S/C17H18N2O5S/c1-23-15-7-11(16(20)19-6-2-3-13(19)17(21)22)4-5-14(15)24-8-12-9-25-10-18-12/h4-5,7,9-10,13H,2-3,6,8H2,1H3,(H,21,22)/t13-/m0/s1. The van der Waals surface area contributed by atoms with Gasteiger partial charge in [-0.05, 0) is 31.0 Å². The fraction of sp³-hybridized carbons (Fsp3) is 0.353. The van der Waals surface area contributed by atoms with Gasteiger partial charge in [0, 0.05) is 17.5 Å².